The lowest BCUT2D eigenvalue weighted by atomic mass is 9.99. The highest BCUT2D eigenvalue weighted by Gasteiger charge is 2.47. The fourth-order valence-corrected chi connectivity index (χ4v) is 6.00. The number of halogens is 3. The maximum Gasteiger partial charge on any atom is 0.166 e. The fraction of sp³-hybridized carbons (Fsp3) is 0.417. The van der Waals surface area contributed by atoms with Crippen molar-refractivity contribution in [2.75, 3.05) is 5.73 Å². The zero-order valence-corrected chi connectivity index (χ0v) is 19.9. The van der Waals surface area contributed by atoms with Crippen LogP contribution in [0.15, 0.2) is 36.8 Å². The summed E-state index contributed by atoms with van der Waals surface area (Å²) >= 11 is 12.3. The predicted octanol–water partition coefficient (Wildman–Crippen LogP) is 4.81. The molecule has 3 aromatic rings. The molecular formula is C24H25Cl2FN4O3. The van der Waals surface area contributed by atoms with E-state index in [9.17, 15) is 14.6 Å². The molecule has 1 aromatic carbocycles. The van der Waals surface area contributed by atoms with Crippen molar-refractivity contribution in [1.29, 1.82) is 0 Å². The molecule has 34 heavy (non-hydrogen) atoms. The molecule has 4 N–H and O–H groups in total. The summed E-state index contributed by atoms with van der Waals surface area (Å²) in [5, 5.41) is 24.9. The van der Waals surface area contributed by atoms with E-state index < -0.39 is 24.1 Å². The number of rotatable bonds is 5. The number of aliphatic hydroxyl groups excluding tert-OH is 2. The van der Waals surface area contributed by atoms with Crippen LogP contribution in [0.5, 0.6) is 5.75 Å². The third-order valence-corrected chi connectivity index (χ3v) is 7.80. The average Bonchev–Trinajstić information content (AvgIpc) is 3.50. The predicted molar refractivity (Wildman–Crippen MR) is 127 cm³/mol. The number of hydrogen-bond donors (Lipinski definition) is 3. The van der Waals surface area contributed by atoms with Crippen LogP contribution in [0.4, 0.5) is 10.2 Å². The molecule has 2 aliphatic rings. The van der Waals surface area contributed by atoms with Gasteiger partial charge < -0.3 is 20.7 Å². The Morgan fingerprint density at radius 1 is 1.18 bits per heavy atom. The van der Waals surface area contributed by atoms with Gasteiger partial charge in [-0.05, 0) is 56.2 Å². The molecule has 0 aliphatic heterocycles. The summed E-state index contributed by atoms with van der Waals surface area (Å²) in [5.74, 6) is 0.337. The van der Waals surface area contributed by atoms with E-state index in [0.717, 1.165) is 24.0 Å². The van der Waals surface area contributed by atoms with Crippen molar-refractivity contribution < 1.29 is 19.3 Å². The molecular weight excluding hydrogens is 482 g/mol. The highest BCUT2D eigenvalue weighted by Crippen LogP contribution is 2.49. The zero-order valence-electron chi connectivity index (χ0n) is 18.4. The van der Waals surface area contributed by atoms with E-state index in [2.05, 4.69) is 10.1 Å². The van der Waals surface area contributed by atoms with Crippen LogP contribution in [-0.2, 0) is 0 Å². The van der Waals surface area contributed by atoms with Crippen molar-refractivity contribution in [2.45, 2.75) is 50.5 Å². The van der Waals surface area contributed by atoms with Crippen molar-refractivity contribution in [3.8, 4) is 16.9 Å². The Labute approximate surface area is 206 Å². The van der Waals surface area contributed by atoms with Gasteiger partial charge in [-0.1, -0.05) is 23.2 Å². The van der Waals surface area contributed by atoms with Gasteiger partial charge in [-0.2, -0.15) is 5.10 Å². The summed E-state index contributed by atoms with van der Waals surface area (Å²) in [6.07, 6.45) is 5.67. The Bertz CT molecular complexity index is 1220. The van der Waals surface area contributed by atoms with Gasteiger partial charge in [0, 0.05) is 34.1 Å². The largest absolute Gasteiger partial charge is 0.482 e. The first kappa shape index (κ1) is 23.4. The third kappa shape index (κ3) is 4.13. The van der Waals surface area contributed by atoms with E-state index in [-0.39, 0.29) is 22.8 Å². The fourth-order valence-electron chi connectivity index (χ4n) is 5.33. The first-order valence-electron chi connectivity index (χ1n) is 11.2. The molecule has 2 aliphatic carbocycles. The second-order valence-electron chi connectivity index (χ2n) is 9.18. The number of anilines is 1. The topological polar surface area (TPSA) is 106 Å². The lowest BCUT2D eigenvalue weighted by molar-refractivity contribution is 0.0178. The van der Waals surface area contributed by atoms with E-state index in [4.69, 9.17) is 33.7 Å². The molecule has 0 amide bonds. The van der Waals surface area contributed by atoms with Gasteiger partial charge in [-0.25, -0.2) is 9.37 Å². The molecule has 2 aromatic heterocycles. The van der Waals surface area contributed by atoms with Gasteiger partial charge in [-0.15, -0.1) is 0 Å². The molecule has 10 heteroatoms. The SMILES string of the molecule is CC(Oc1cc(-c2cnn(C3CC4CC(O)C(O)C4C3)c2)cnc1N)c1c(Cl)ccc(F)c1Cl. The first-order chi connectivity index (χ1) is 16.2. The lowest BCUT2D eigenvalue weighted by Crippen LogP contribution is -2.25. The van der Waals surface area contributed by atoms with Gasteiger partial charge in [0.25, 0.3) is 0 Å². The number of nitrogens with two attached hydrogens (primary N) is 1. The van der Waals surface area contributed by atoms with E-state index >= 15 is 0 Å². The van der Waals surface area contributed by atoms with E-state index in [0.29, 0.717) is 28.7 Å². The Hall–Kier alpha value is -2.39. The molecule has 2 heterocycles. The van der Waals surface area contributed by atoms with E-state index in [1.165, 1.54) is 12.1 Å². The summed E-state index contributed by atoms with van der Waals surface area (Å²) in [6, 6.07) is 4.56. The number of fused-ring (bicyclic) bond motifs is 1. The molecule has 2 saturated carbocycles. The van der Waals surface area contributed by atoms with Crippen molar-refractivity contribution in [2.24, 2.45) is 11.8 Å². The monoisotopic (exact) mass is 506 g/mol. The van der Waals surface area contributed by atoms with Gasteiger partial charge >= 0.3 is 0 Å². The van der Waals surface area contributed by atoms with Crippen LogP contribution in [0.3, 0.4) is 0 Å². The average molecular weight is 507 g/mol. The second-order valence-corrected chi connectivity index (χ2v) is 9.96. The van der Waals surface area contributed by atoms with Crippen LogP contribution in [0.1, 0.15) is 43.9 Å². The van der Waals surface area contributed by atoms with Crippen LogP contribution in [0, 0.1) is 17.7 Å². The third-order valence-electron chi connectivity index (χ3n) is 7.08. The number of hydrogen-bond acceptors (Lipinski definition) is 6. The van der Waals surface area contributed by atoms with Crippen molar-refractivity contribution in [1.82, 2.24) is 14.8 Å². The number of nitrogen functional groups attached to an aromatic ring is 1. The molecule has 5 rings (SSSR count). The molecule has 0 radical (unpaired) electrons. The minimum absolute atomic E-state index is 0.0945. The number of aliphatic hydroxyl groups is 2. The van der Waals surface area contributed by atoms with Gasteiger partial charge in [0.2, 0.25) is 0 Å². The Morgan fingerprint density at radius 3 is 2.74 bits per heavy atom. The Morgan fingerprint density at radius 2 is 1.97 bits per heavy atom. The summed E-state index contributed by atoms with van der Waals surface area (Å²) in [5.41, 5.74) is 7.97. The second kappa shape index (κ2) is 9.00. The van der Waals surface area contributed by atoms with Crippen LogP contribution >= 0.6 is 23.2 Å². The Kier molecular flexibility index (Phi) is 6.18. The molecule has 0 saturated heterocycles. The molecule has 0 bridgehead atoms. The summed E-state index contributed by atoms with van der Waals surface area (Å²) in [7, 11) is 0. The molecule has 7 nitrogen and oxygen atoms in total. The van der Waals surface area contributed by atoms with Crippen LogP contribution in [0.25, 0.3) is 11.1 Å². The van der Waals surface area contributed by atoms with Crippen molar-refractivity contribution in [3.05, 3.63) is 58.2 Å². The van der Waals surface area contributed by atoms with Gasteiger partial charge in [0.1, 0.15) is 11.9 Å². The van der Waals surface area contributed by atoms with Crippen LogP contribution in [-0.4, -0.2) is 37.2 Å². The highest BCUT2D eigenvalue weighted by atomic mass is 35.5. The summed E-state index contributed by atoms with van der Waals surface area (Å²) in [6.45, 7) is 1.71. The quantitative estimate of drug-likeness (QED) is 0.428. The summed E-state index contributed by atoms with van der Waals surface area (Å²) in [4.78, 5) is 4.25. The first-order valence-corrected chi connectivity index (χ1v) is 11.9. The summed E-state index contributed by atoms with van der Waals surface area (Å²) < 4.78 is 21.9. The van der Waals surface area contributed by atoms with Crippen molar-refractivity contribution in [3.63, 3.8) is 0 Å². The van der Waals surface area contributed by atoms with Crippen LogP contribution in [0.2, 0.25) is 10.0 Å². The molecule has 2 fully saturated rings. The number of benzene rings is 1. The number of nitrogens with zero attached hydrogens (tertiary/aromatic N) is 3. The standard InChI is InChI=1S/C24H25Cl2FN4O3/c1-11(21-17(25)2-3-18(27)22(21)26)34-20-6-13(8-29-24(20)28)14-9-30-31(10-14)15-4-12-5-19(32)23(33)16(12)7-15/h2-3,6,8-12,15-16,19,23,32-33H,4-5,7H2,1H3,(H2,28,29). The van der Waals surface area contributed by atoms with Gasteiger partial charge in [0.15, 0.2) is 11.6 Å². The van der Waals surface area contributed by atoms with Gasteiger partial charge in [0.05, 0.1) is 29.5 Å². The molecule has 6 unspecified atom stereocenters. The minimum atomic E-state index is -0.669. The molecule has 6 atom stereocenters. The molecule has 0 spiro atoms. The molecule has 180 valence electrons. The zero-order chi connectivity index (χ0) is 24.1. The normalized spacial score (nSPS) is 27.1. The van der Waals surface area contributed by atoms with E-state index in [1.54, 1.807) is 25.4 Å². The lowest BCUT2D eigenvalue weighted by Gasteiger charge is -2.19. The van der Waals surface area contributed by atoms with Crippen molar-refractivity contribution >= 4 is 29.0 Å². The Balaban J connectivity index is 1.35. The maximum absolute atomic E-state index is 14.0. The minimum Gasteiger partial charge on any atom is -0.482 e. The van der Waals surface area contributed by atoms with Crippen LogP contribution < -0.4 is 10.5 Å². The van der Waals surface area contributed by atoms with Gasteiger partial charge in [-0.3, -0.25) is 4.68 Å². The number of ether oxygens (including phenoxy) is 1. The number of pyridine rings is 1. The number of aromatic nitrogens is 3. The smallest absolute Gasteiger partial charge is 0.166 e. The highest BCUT2D eigenvalue weighted by molar-refractivity contribution is 6.36. The van der Waals surface area contributed by atoms with E-state index in [1.807, 2.05) is 10.9 Å². The maximum atomic E-state index is 14.0.